The molecule has 0 saturated carbocycles. The van der Waals surface area contributed by atoms with E-state index in [4.69, 9.17) is 4.42 Å². The van der Waals surface area contributed by atoms with Gasteiger partial charge in [-0.15, -0.1) is 11.3 Å². The molecule has 1 saturated heterocycles. The van der Waals surface area contributed by atoms with E-state index in [-0.39, 0.29) is 30.0 Å². The molecule has 168 valence electrons. The summed E-state index contributed by atoms with van der Waals surface area (Å²) in [6.45, 7) is 2.43. The van der Waals surface area contributed by atoms with Gasteiger partial charge in [0.05, 0.1) is 9.88 Å². The molecule has 0 N–H and O–H groups in total. The van der Waals surface area contributed by atoms with Crippen molar-refractivity contribution in [2.24, 2.45) is 0 Å². The maximum absolute atomic E-state index is 13.6. The number of aryl methyl sites for hydroxylation is 1. The Kier molecular flexibility index (Phi) is 5.81. The Morgan fingerprint density at radius 3 is 2.73 bits per heavy atom. The van der Waals surface area contributed by atoms with Crippen molar-refractivity contribution in [2.45, 2.75) is 38.6 Å². The molecule has 0 bridgehead atoms. The van der Waals surface area contributed by atoms with Crippen molar-refractivity contribution in [1.82, 2.24) is 9.88 Å². The molecule has 7 heteroatoms. The van der Waals surface area contributed by atoms with Crippen LogP contribution in [0.25, 0.3) is 21.4 Å². The van der Waals surface area contributed by atoms with Crippen molar-refractivity contribution in [1.29, 1.82) is 0 Å². The summed E-state index contributed by atoms with van der Waals surface area (Å²) in [5.41, 5.74) is 1.81. The van der Waals surface area contributed by atoms with Crippen molar-refractivity contribution in [3.05, 3.63) is 76.9 Å². The topological polar surface area (TPSA) is 63.4 Å². The highest BCUT2D eigenvalue weighted by atomic mass is 32.1. The molecule has 1 amide bonds. The first-order valence-corrected chi connectivity index (χ1v) is 11.9. The van der Waals surface area contributed by atoms with Gasteiger partial charge in [0.2, 0.25) is 0 Å². The molecule has 0 aliphatic carbocycles. The highest BCUT2D eigenvalue weighted by Gasteiger charge is 2.33. The largest absolute Gasteiger partial charge is 0.453 e. The number of likely N-dealkylation sites (tertiary alicyclic amines) is 1. The van der Waals surface area contributed by atoms with Gasteiger partial charge in [0.1, 0.15) is 17.1 Å². The number of ketones is 1. The van der Waals surface area contributed by atoms with Crippen molar-refractivity contribution < 1.29 is 18.4 Å². The second kappa shape index (κ2) is 8.90. The average Bonchev–Trinajstić information content (AvgIpc) is 3.43. The van der Waals surface area contributed by atoms with Crippen LogP contribution in [0.2, 0.25) is 0 Å². The summed E-state index contributed by atoms with van der Waals surface area (Å²) < 4.78 is 19.2. The van der Waals surface area contributed by atoms with E-state index < -0.39 is 0 Å². The minimum atomic E-state index is -0.326. The van der Waals surface area contributed by atoms with Crippen LogP contribution in [-0.2, 0) is 0 Å². The molecule has 1 aliphatic rings. The summed E-state index contributed by atoms with van der Waals surface area (Å²) in [6, 6.07) is 15.2. The van der Waals surface area contributed by atoms with Gasteiger partial charge in [0.15, 0.2) is 11.5 Å². The minimum absolute atomic E-state index is 0.107. The maximum atomic E-state index is 13.6. The number of thiazole rings is 1. The van der Waals surface area contributed by atoms with E-state index in [1.54, 1.807) is 23.1 Å². The van der Waals surface area contributed by atoms with Crippen LogP contribution in [0.4, 0.5) is 4.39 Å². The lowest BCUT2D eigenvalue weighted by Crippen LogP contribution is -2.45. The summed E-state index contributed by atoms with van der Waals surface area (Å²) in [6.07, 6.45) is 2.81. The molecule has 4 aromatic rings. The number of benzene rings is 2. The van der Waals surface area contributed by atoms with Crippen LogP contribution in [0.5, 0.6) is 0 Å². The minimum Gasteiger partial charge on any atom is -0.453 e. The number of furan rings is 1. The molecule has 5 rings (SSSR count). The van der Waals surface area contributed by atoms with Crippen molar-refractivity contribution in [3.63, 3.8) is 0 Å². The summed E-state index contributed by atoms with van der Waals surface area (Å²) in [5.74, 6) is -0.288. The zero-order valence-corrected chi connectivity index (χ0v) is 19.0. The first kappa shape index (κ1) is 21.5. The number of amides is 1. The molecule has 1 atom stereocenters. The zero-order valence-electron chi connectivity index (χ0n) is 18.2. The Balaban J connectivity index is 1.40. The fourth-order valence-electron chi connectivity index (χ4n) is 4.42. The second-order valence-electron chi connectivity index (χ2n) is 8.34. The van der Waals surface area contributed by atoms with E-state index in [0.717, 1.165) is 40.1 Å². The van der Waals surface area contributed by atoms with Crippen LogP contribution in [-0.4, -0.2) is 34.2 Å². The van der Waals surface area contributed by atoms with Crippen LogP contribution in [0.15, 0.2) is 59.0 Å². The Labute approximate surface area is 194 Å². The van der Waals surface area contributed by atoms with E-state index in [0.29, 0.717) is 23.6 Å². The molecular weight excluding hydrogens is 439 g/mol. The SMILES string of the molecule is Cc1nc(C(=O)N2CCCC[C@@H]2CC(=O)c2cc3ccccc3o2)c(-c2ccc(F)cc2)s1. The predicted octanol–water partition coefficient (Wildman–Crippen LogP) is 6.27. The Morgan fingerprint density at radius 1 is 1.15 bits per heavy atom. The number of rotatable bonds is 5. The van der Waals surface area contributed by atoms with Gasteiger partial charge >= 0.3 is 0 Å². The molecule has 2 aromatic carbocycles. The molecule has 0 spiro atoms. The lowest BCUT2D eigenvalue weighted by Gasteiger charge is -2.35. The molecule has 1 aliphatic heterocycles. The number of aromatic nitrogens is 1. The lowest BCUT2D eigenvalue weighted by atomic mass is 9.96. The van der Waals surface area contributed by atoms with Gasteiger partial charge in [-0.25, -0.2) is 9.37 Å². The quantitative estimate of drug-likeness (QED) is 0.328. The Morgan fingerprint density at radius 2 is 1.94 bits per heavy atom. The molecular formula is C26H23FN2O3S. The van der Waals surface area contributed by atoms with Gasteiger partial charge in [-0.2, -0.15) is 0 Å². The highest BCUT2D eigenvalue weighted by molar-refractivity contribution is 7.15. The fraction of sp³-hybridized carbons (Fsp3) is 0.269. The summed E-state index contributed by atoms with van der Waals surface area (Å²) in [4.78, 5) is 33.7. The number of nitrogens with zero attached hydrogens (tertiary/aromatic N) is 2. The number of halogens is 1. The fourth-order valence-corrected chi connectivity index (χ4v) is 5.33. The van der Waals surface area contributed by atoms with Gasteiger partial charge in [0, 0.05) is 24.4 Å². The lowest BCUT2D eigenvalue weighted by molar-refractivity contribution is 0.0580. The normalized spacial score (nSPS) is 16.3. The van der Waals surface area contributed by atoms with Gasteiger partial charge in [-0.05, 0) is 56.0 Å². The third kappa shape index (κ3) is 4.33. The summed E-state index contributed by atoms with van der Waals surface area (Å²) >= 11 is 1.42. The van der Waals surface area contributed by atoms with Crippen LogP contribution >= 0.6 is 11.3 Å². The first-order chi connectivity index (χ1) is 16.0. The smallest absolute Gasteiger partial charge is 0.274 e. The number of fused-ring (bicyclic) bond motifs is 1. The first-order valence-electron chi connectivity index (χ1n) is 11.1. The number of piperidine rings is 1. The third-order valence-corrected chi connectivity index (χ3v) is 7.07. The van der Waals surface area contributed by atoms with Crippen LogP contribution in [0, 0.1) is 12.7 Å². The predicted molar refractivity (Wildman–Crippen MR) is 126 cm³/mol. The number of Topliss-reactive ketones (excluding diaryl/α,β-unsaturated/α-hetero) is 1. The Hall–Kier alpha value is -3.32. The molecule has 3 heterocycles. The molecule has 0 radical (unpaired) electrons. The number of hydrogen-bond acceptors (Lipinski definition) is 5. The standard InChI is InChI=1S/C26H23FN2O3S/c1-16-28-24(25(33-16)17-9-11-19(27)12-10-17)26(31)29-13-5-4-7-20(29)15-21(30)23-14-18-6-2-3-8-22(18)32-23/h2-3,6,8-12,14,20H,4-5,7,13,15H2,1H3/t20-/m1/s1. The maximum Gasteiger partial charge on any atom is 0.274 e. The van der Waals surface area contributed by atoms with Crippen molar-refractivity contribution in [3.8, 4) is 10.4 Å². The zero-order chi connectivity index (χ0) is 22.9. The average molecular weight is 463 g/mol. The van der Waals surface area contributed by atoms with E-state index >= 15 is 0 Å². The van der Waals surface area contributed by atoms with E-state index in [1.807, 2.05) is 31.2 Å². The van der Waals surface area contributed by atoms with Crippen molar-refractivity contribution >= 4 is 34.0 Å². The third-order valence-electron chi connectivity index (χ3n) is 6.05. The number of para-hydroxylation sites is 1. The monoisotopic (exact) mass is 462 g/mol. The number of carbonyl (C=O) groups is 2. The molecule has 0 unspecified atom stereocenters. The molecule has 2 aromatic heterocycles. The van der Waals surface area contributed by atoms with Gasteiger partial charge in [-0.1, -0.05) is 30.3 Å². The molecule has 1 fully saturated rings. The van der Waals surface area contributed by atoms with Crippen LogP contribution in [0.1, 0.15) is 51.7 Å². The van der Waals surface area contributed by atoms with E-state index in [2.05, 4.69) is 4.98 Å². The highest BCUT2D eigenvalue weighted by Crippen LogP contribution is 2.33. The van der Waals surface area contributed by atoms with E-state index in [1.165, 1.54) is 23.5 Å². The van der Waals surface area contributed by atoms with E-state index in [9.17, 15) is 14.0 Å². The Bertz CT molecular complexity index is 1290. The second-order valence-corrected chi connectivity index (χ2v) is 9.54. The molecule has 5 nitrogen and oxygen atoms in total. The van der Waals surface area contributed by atoms with Crippen molar-refractivity contribution in [2.75, 3.05) is 6.54 Å². The van der Waals surface area contributed by atoms with Crippen LogP contribution < -0.4 is 0 Å². The molecule has 33 heavy (non-hydrogen) atoms. The van der Waals surface area contributed by atoms with Gasteiger partial charge < -0.3 is 9.32 Å². The van der Waals surface area contributed by atoms with Crippen LogP contribution in [0.3, 0.4) is 0 Å². The van der Waals surface area contributed by atoms with Gasteiger partial charge in [0.25, 0.3) is 5.91 Å². The summed E-state index contributed by atoms with van der Waals surface area (Å²) in [7, 11) is 0. The number of hydrogen-bond donors (Lipinski definition) is 0. The number of carbonyl (C=O) groups excluding carboxylic acids is 2. The van der Waals surface area contributed by atoms with Gasteiger partial charge in [-0.3, -0.25) is 9.59 Å². The summed E-state index contributed by atoms with van der Waals surface area (Å²) in [5, 5.41) is 1.66.